The molecule has 0 saturated carbocycles. The fourth-order valence-corrected chi connectivity index (χ4v) is 8.97. The van der Waals surface area contributed by atoms with E-state index in [2.05, 4.69) is 132 Å². The molecule has 0 radical (unpaired) electrons. The number of fused-ring (bicyclic) bond motifs is 11. The van der Waals surface area contributed by atoms with Crippen LogP contribution in [0, 0.1) is 0 Å². The molecule has 0 bridgehead atoms. The lowest BCUT2D eigenvalue weighted by Crippen LogP contribution is -2.02. The molecule has 4 aromatic heterocycles. The van der Waals surface area contributed by atoms with Crippen molar-refractivity contribution in [3.8, 4) is 17.2 Å². The van der Waals surface area contributed by atoms with Crippen molar-refractivity contribution in [2.45, 2.75) is 0 Å². The van der Waals surface area contributed by atoms with E-state index in [0.29, 0.717) is 5.95 Å². The average molecular weight is 584 g/mol. The average Bonchev–Trinajstić information content (AvgIpc) is 3.73. The highest BCUT2D eigenvalue weighted by molar-refractivity contribution is 7.26. The number of para-hydroxylation sites is 1. The molecule has 10 rings (SSSR count). The third-order valence-electron chi connectivity index (χ3n) is 8.61. The lowest BCUT2D eigenvalue weighted by atomic mass is 10.0. The maximum atomic E-state index is 5.41. The van der Waals surface area contributed by atoms with Gasteiger partial charge in [0, 0.05) is 46.6 Å². The summed E-state index contributed by atoms with van der Waals surface area (Å²) in [6.07, 6.45) is 0. The van der Waals surface area contributed by atoms with E-state index in [-0.39, 0.29) is 0 Å². The number of hydrogen-bond acceptors (Lipinski definition) is 4. The van der Waals surface area contributed by atoms with Crippen molar-refractivity contribution in [3.63, 3.8) is 0 Å². The summed E-state index contributed by atoms with van der Waals surface area (Å²) >= 11 is 3.63. The first-order valence-corrected chi connectivity index (χ1v) is 16.0. The van der Waals surface area contributed by atoms with E-state index in [4.69, 9.17) is 9.97 Å². The molecule has 0 aliphatic heterocycles. The van der Waals surface area contributed by atoms with Crippen molar-refractivity contribution in [2.24, 2.45) is 0 Å². The predicted octanol–water partition coefficient (Wildman–Crippen LogP) is 11.1. The van der Waals surface area contributed by atoms with Gasteiger partial charge in [0.15, 0.2) is 0 Å². The van der Waals surface area contributed by atoms with E-state index >= 15 is 0 Å². The Morgan fingerprint density at radius 1 is 0.488 bits per heavy atom. The van der Waals surface area contributed by atoms with Gasteiger partial charge in [-0.15, -0.1) is 22.7 Å². The highest BCUT2D eigenvalue weighted by Gasteiger charge is 2.22. The van der Waals surface area contributed by atoms with E-state index in [1.54, 1.807) is 11.3 Å². The first-order valence-electron chi connectivity index (χ1n) is 14.3. The molecule has 43 heavy (non-hydrogen) atoms. The molecule has 0 fully saturated rings. The maximum absolute atomic E-state index is 5.41. The molecule has 3 nitrogen and oxygen atoms in total. The van der Waals surface area contributed by atoms with Crippen LogP contribution >= 0.6 is 22.7 Å². The molecular weight excluding hydrogens is 563 g/mol. The van der Waals surface area contributed by atoms with Crippen LogP contribution in [0.4, 0.5) is 0 Å². The van der Waals surface area contributed by atoms with Gasteiger partial charge in [0.2, 0.25) is 5.95 Å². The molecule has 0 amide bonds. The lowest BCUT2D eigenvalue weighted by molar-refractivity contribution is 1.02. The number of thiophene rings is 2. The van der Waals surface area contributed by atoms with Crippen molar-refractivity contribution in [2.75, 3.05) is 0 Å². The van der Waals surface area contributed by atoms with Gasteiger partial charge in [-0.3, -0.25) is 4.57 Å². The third-order valence-corrected chi connectivity index (χ3v) is 10.9. The van der Waals surface area contributed by atoms with Crippen LogP contribution in [0.15, 0.2) is 127 Å². The Bertz CT molecular complexity index is 2750. The quantitative estimate of drug-likeness (QED) is 0.203. The van der Waals surface area contributed by atoms with Crippen molar-refractivity contribution < 1.29 is 0 Å². The molecule has 0 atom stereocenters. The van der Waals surface area contributed by atoms with Crippen LogP contribution in [0.2, 0.25) is 0 Å². The zero-order chi connectivity index (χ0) is 28.1. The van der Waals surface area contributed by atoms with Gasteiger partial charge in [-0.2, -0.15) is 0 Å². The van der Waals surface area contributed by atoms with Gasteiger partial charge < -0.3 is 0 Å². The van der Waals surface area contributed by atoms with Gasteiger partial charge in [0.25, 0.3) is 0 Å². The second kappa shape index (κ2) is 8.71. The van der Waals surface area contributed by atoms with Gasteiger partial charge in [0.1, 0.15) is 0 Å². The van der Waals surface area contributed by atoms with Gasteiger partial charge in [0.05, 0.1) is 26.9 Å². The number of nitrogens with zero attached hydrogens (tertiary/aromatic N) is 3. The van der Waals surface area contributed by atoms with Crippen molar-refractivity contribution in [1.29, 1.82) is 0 Å². The SMILES string of the molecule is c1ccc2cc(-c3nc(-n4c5ccccc5c5c6c(ccc54)sc4ccccc46)nc4c3sc3ccccc34)ccc2c1. The molecular formula is C38H21N3S2. The molecule has 0 spiro atoms. The topological polar surface area (TPSA) is 30.7 Å². The third kappa shape index (κ3) is 3.29. The van der Waals surface area contributed by atoms with Gasteiger partial charge in [-0.05, 0) is 47.2 Å². The van der Waals surface area contributed by atoms with E-state index in [1.165, 1.54) is 51.8 Å². The first-order chi connectivity index (χ1) is 21.3. The lowest BCUT2D eigenvalue weighted by Gasteiger charge is -2.10. The molecule has 0 N–H and O–H groups in total. The minimum atomic E-state index is 0.698. The van der Waals surface area contributed by atoms with Crippen LogP contribution < -0.4 is 0 Å². The van der Waals surface area contributed by atoms with Gasteiger partial charge >= 0.3 is 0 Å². The zero-order valence-corrected chi connectivity index (χ0v) is 24.4. The Kier molecular flexibility index (Phi) is 4.75. The summed E-state index contributed by atoms with van der Waals surface area (Å²) in [6, 6.07) is 45.7. The summed E-state index contributed by atoms with van der Waals surface area (Å²) in [7, 11) is 0. The Morgan fingerprint density at radius 2 is 1.21 bits per heavy atom. The van der Waals surface area contributed by atoms with Crippen LogP contribution in [0.3, 0.4) is 0 Å². The number of aromatic nitrogens is 3. The summed E-state index contributed by atoms with van der Waals surface area (Å²) in [4.78, 5) is 10.8. The van der Waals surface area contributed by atoms with E-state index in [1.807, 2.05) is 11.3 Å². The fourth-order valence-electron chi connectivity index (χ4n) is 6.70. The van der Waals surface area contributed by atoms with Crippen LogP contribution in [0.25, 0.3) is 90.3 Å². The van der Waals surface area contributed by atoms with Gasteiger partial charge in [-0.1, -0.05) is 91.0 Å². The summed E-state index contributed by atoms with van der Waals surface area (Å²) in [5.74, 6) is 0.698. The number of rotatable bonds is 2. The minimum absolute atomic E-state index is 0.698. The molecule has 0 saturated heterocycles. The predicted molar refractivity (Wildman–Crippen MR) is 185 cm³/mol. The Morgan fingerprint density at radius 3 is 2.09 bits per heavy atom. The van der Waals surface area contributed by atoms with E-state index in [9.17, 15) is 0 Å². The van der Waals surface area contributed by atoms with Crippen molar-refractivity contribution in [3.05, 3.63) is 127 Å². The van der Waals surface area contributed by atoms with Crippen LogP contribution in [0.5, 0.6) is 0 Å². The molecule has 6 aromatic carbocycles. The molecule has 0 aliphatic carbocycles. The van der Waals surface area contributed by atoms with E-state index < -0.39 is 0 Å². The Balaban J connectivity index is 1.36. The Hall–Kier alpha value is -5.10. The Labute approximate surface area is 253 Å². The van der Waals surface area contributed by atoms with Crippen molar-refractivity contribution >= 4 is 95.7 Å². The smallest absolute Gasteiger partial charge is 0.235 e. The monoisotopic (exact) mass is 583 g/mol. The maximum Gasteiger partial charge on any atom is 0.235 e. The summed E-state index contributed by atoms with van der Waals surface area (Å²) in [6.45, 7) is 0. The number of hydrogen-bond donors (Lipinski definition) is 0. The summed E-state index contributed by atoms with van der Waals surface area (Å²) in [5.41, 5.74) is 5.32. The van der Waals surface area contributed by atoms with Crippen LogP contribution in [-0.4, -0.2) is 14.5 Å². The minimum Gasteiger partial charge on any atom is -0.278 e. The normalized spacial score (nSPS) is 12.2. The van der Waals surface area contributed by atoms with Crippen LogP contribution in [0.1, 0.15) is 0 Å². The largest absolute Gasteiger partial charge is 0.278 e. The van der Waals surface area contributed by atoms with Crippen molar-refractivity contribution in [1.82, 2.24) is 14.5 Å². The highest BCUT2D eigenvalue weighted by atomic mass is 32.1. The second-order valence-corrected chi connectivity index (χ2v) is 13.1. The summed E-state index contributed by atoms with van der Waals surface area (Å²) in [5, 5.41) is 8.69. The first kappa shape index (κ1) is 23.5. The molecule has 5 heteroatoms. The fraction of sp³-hybridized carbons (Fsp3) is 0. The molecule has 0 unspecified atom stereocenters. The van der Waals surface area contributed by atoms with E-state index in [0.717, 1.165) is 32.5 Å². The second-order valence-electron chi connectivity index (χ2n) is 11.0. The summed E-state index contributed by atoms with van der Waals surface area (Å²) < 4.78 is 7.22. The molecule has 0 aliphatic rings. The van der Waals surface area contributed by atoms with Crippen LogP contribution in [-0.2, 0) is 0 Å². The molecule has 200 valence electrons. The molecule has 4 heterocycles. The molecule has 10 aromatic rings. The number of benzene rings is 6. The highest BCUT2D eigenvalue weighted by Crippen LogP contribution is 2.44. The standard InChI is InChI=1S/C38H21N3S2/c1-2-10-23-21-24(18-17-22(23)9-1)35-37-36(27-13-5-8-16-31(27)43-37)40-38(39-35)41-28-14-6-3-11-25(28)33-29(41)19-20-32-34(33)26-12-4-7-15-30(26)42-32/h1-21H. The zero-order valence-electron chi connectivity index (χ0n) is 22.8. The van der Waals surface area contributed by atoms with Gasteiger partial charge in [-0.25, -0.2) is 9.97 Å².